The first-order valence-electron chi connectivity index (χ1n) is 9.83. The molecule has 6 nitrogen and oxygen atoms in total. The topological polar surface area (TPSA) is 79.5 Å². The lowest BCUT2D eigenvalue weighted by Crippen LogP contribution is -2.34. The van der Waals surface area contributed by atoms with Crippen molar-refractivity contribution in [2.24, 2.45) is 0 Å². The van der Waals surface area contributed by atoms with Crippen LogP contribution in [-0.2, 0) is 14.3 Å². The molecule has 1 aliphatic carbocycles. The summed E-state index contributed by atoms with van der Waals surface area (Å²) in [4.78, 5) is 24.9. The highest BCUT2D eigenvalue weighted by Gasteiger charge is 2.28. The van der Waals surface area contributed by atoms with Gasteiger partial charge in [-0.3, -0.25) is 9.59 Å². The minimum Gasteiger partial charge on any atom is -0.370 e. The van der Waals surface area contributed by atoms with Crippen molar-refractivity contribution < 1.29 is 14.3 Å². The number of carbonyl (C=O) groups is 2. The standard InChI is InChI=1S/C22H25N3O3/c26-21(19-7-4-14-28-19)24-17-10-8-16(9-11-17)23-20(15-5-2-1-3-6-15)22(27)25-18-12-13-18/h1-3,5-6,8-11,18-20,23H,4,7,12-14H2,(H,24,26)(H,25,27)/t19-,20-/m1/s1. The Balaban J connectivity index is 1.42. The number of benzene rings is 2. The molecule has 2 amide bonds. The molecule has 6 heteroatoms. The Hall–Kier alpha value is -2.86. The molecule has 1 saturated heterocycles. The molecular formula is C22H25N3O3. The molecule has 2 aromatic rings. The normalized spacial score (nSPS) is 19.6. The maximum Gasteiger partial charge on any atom is 0.253 e. The van der Waals surface area contributed by atoms with Crippen LogP contribution in [0.5, 0.6) is 0 Å². The molecule has 1 aliphatic heterocycles. The van der Waals surface area contributed by atoms with Gasteiger partial charge < -0.3 is 20.7 Å². The number of ether oxygens (including phenoxy) is 1. The lowest BCUT2D eigenvalue weighted by Gasteiger charge is -2.20. The molecule has 2 atom stereocenters. The Morgan fingerprint density at radius 1 is 0.929 bits per heavy atom. The van der Waals surface area contributed by atoms with Gasteiger partial charge in [0.05, 0.1) is 0 Å². The van der Waals surface area contributed by atoms with E-state index in [0.29, 0.717) is 18.3 Å². The fourth-order valence-corrected chi connectivity index (χ4v) is 3.28. The molecular weight excluding hydrogens is 354 g/mol. The minimum absolute atomic E-state index is 0.0236. The zero-order valence-corrected chi connectivity index (χ0v) is 15.7. The van der Waals surface area contributed by atoms with Crippen molar-refractivity contribution in [2.45, 2.75) is 43.9 Å². The zero-order chi connectivity index (χ0) is 19.3. The highest BCUT2D eigenvalue weighted by atomic mass is 16.5. The van der Waals surface area contributed by atoms with Gasteiger partial charge in [-0.05, 0) is 55.5 Å². The first kappa shape index (κ1) is 18.5. The van der Waals surface area contributed by atoms with E-state index >= 15 is 0 Å². The monoisotopic (exact) mass is 379 g/mol. The number of amides is 2. The summed E-state index contributed by atoms with van der Waals surface area (Å²) in [7, 11) is 0. The molecule has 2 aromatic carbocycles. The zero-order valence-electron chi connectivity index (χ0n) is 15.7. The molecule has 0 unspecified atom stereocenters. The Morgan fingerprint density at radius 3 is 2.29 bits per heavy atom. The second-order valence-corrected chi connectivity index (χ2v) is 7.34. The maximum atomic E-state index is 12.7. The number of rotatable bonds is 7. The molecule has 1 heterocycles. The number of hydrogen-bond acceptors (Lipinski definition) is 4. The summed E-state index contributed by atoms with van der Waals surface area (Å²) in [5.41, 5.74) is 2.44. The lowest BCUT2D eigenvalue weighted by atomic mass is 10.1. The fourth-order valence-electron chi connectivity index (χ4n) is 3.28. The summed E-state index contributed by atoms with van der Waals surface area (Å²) in [5, 5.41) is 9.27. The van der Waals surface area contributed by atoms with Crippen LogP contribution in [0.3, 0.4) is 0 Å². The van der Waals surface area contributed by atoms with Gasteiger partial charge in [0.1, 0.15) is 12.1 Å². The Kier molecular flexibility index (Phi) is 5.58. The molecule has 3 N–H and O–H groups in total. The number of nitrogens with one attached hydrogen (secondary N) is 3. The quantitative estimate of drug-likeness (QED) is 0.690. The summed E-state index contributed by atoms with van der Waals surface area (Å²) >= 11 is 0. The van der Waals surface area contributed by atoms with Crippen molar-refractivity contribution in [2.75, 3.05) is 17.2 Å². The molecule has 28 heavy (non-hydrogen) atoms. The first-order valence-corrected chi connectivity index (χ1v) is 9.83. The number of anilines is 2. The molecule has 2 fully saturated rings. The predicted molar refractivity (Wildman–Crippen MR) is 108 cm³/mol. The summed E-state index contributed by atoms with van der Waals surface area (Å²) in [6.45, 7) is 0.644. The average Bonchev–Trinajstić information content (AvgIpc) is 3.35. The van der Waals surface area contributed by atoms with Gasteiger partial charge in [-0.25, -0.2) is 0 Å². The number of hydrogen-bond donors (Lipinski definition) is 3. The summed E-state index contributed by atoms with van der Waals surface area (Å²) in [5.74, 6) is -0.131. The second-order valence-electron chi connectivity index (χ2n) is 7.34. The van der Waals surface area contributed by atoms with Gasteiger partial charge in [-0.15, -0.1) is 0 Å². The van der Waals surface area contributed by atoms with E-state index in [1.807, 2.05) is 54.6 Å². The minimum atomic E-state index is -0.464. The van der Waals surface area contributed by atoms with E-state index in [4.69, 9.17) is 4.74 Å². The van der Waals surface area contributed by atoms with Crippen molar-refractivity contribution in [1.29, 1.82) is 0 Å². The van der Waals surface area contributed by atoms with Gasteiger partial charge in [0.25, 0.3) is 5.91 Å². The highest BCUT2D eigenvalue weighted by molar-refractivity contribution is 5.94. The van der Waals surface area contributed by atoms with Gasteiger partial charge in [0, 0.05) is 24.0 Å². The van der Waals surface area contributed by atoms with Crippen molar-refractivity contribution in [3.05, 3.63) is 60.2 Å². The van der Waals surface area contributed by atoms with E-state index in [9.17, 15) is 9.59 Å². The third kappa shape index (κ3) is 4.70. The third-order valence-electron chi connectivity index (χ3n) is 5.00. The van der Waals surface area contributed by atoms with Gasteiger partial charge in [0.15, 0.2) is 0 Å². The van der Waals surface area contributed by atoms with Crippen molar-refractivity contribution >= 4 is 23.2 Å². The summed E-state index contributed by atoms with van der Waals surface area (Å²) in [6.07, 6.45) is 3.43. The van der Waals surface area contributed by atoms with Crippen molar-refractivity contribution in [1.82, 2.24) is 5.32 Å². The highest BCUT2D eigenvalue weighted by Crippen LogP contribution is 2.25. The molecule has 4 rings (SSSR count). The van der Waals surface area contributed by atoms with Crippen LogP contribution in [-0.4, -0.2) is 30.6 Å². The molecule has 2 aliphatic rings. The van der Waals surface area contributed by atoms with E-state index in [1.165, 1.54) is 0 Å². The Morgan fingerprint density at radius 2 is 1.64 bits per heavy atom. The Bertz CT molecular complexity index is 813. The van der Waals surface area contributed by atoms with Crippen LogP contribution in [0.2, 0.25) is 0 Å². The van der Waals surface area contributed by atoms with Crippen molar-refractivity contribution in [3.63, 3.8) is 0 Å². The van der Waals surface area contributed by atoms with Gasteiger partial charge in [-0.2, -0.15) is 0 Å². The largest absolute Gasteiger partial charge is 0.370 e. The van der Waals surface area contributed by atoms with E-state index in [1.54, 1.807) is 0 Å². The Labute approximate surface area is 164 Å². The SMILES string of the molecule is O=C(Nc1ccc(N[C@@H](C(=O)NC2CC2)c2ccccc2)cc1)[C@H]1CCCO1. The van der Waals surface area contributed by atoms with Crippen LogP contribution >= 0.6 is 0 Å². The number of carbonyl (C=O) groups excluding carboxylic acids is 2. The fraction of sp³-hybridized carbons (Fsp3) is 0.364. The molecule has 1 saturated carbocycles. The van der Waals surface area contributed by atoms with E-state index in [0.717, 1.165) is 36.9 Å². The maximum absolute atomic E-state index is 12.7. The molecule has 0 bridgehead atoms. The van der Waals surface area contributed by atoms with E-state index < -0.39 is 6.04 Å². The molecule has 0 aromatic heterocycles. The average molecular weight is 379 g/mol. The summed E-state index contributed by atoms with van der Waals surface area (Å²) < 4.78 is 5.41. The van der Waals surface area contributed by atoms with E-state index in [2.05, 4.69) is 16.0 Å². The molecule has 0 radical (unpaired) electrons. The van der Waals surface area contributed by atoms with Gasteiger partial charge >= 0.3 is 0 Å². The van der Waals surface area contributed by atoms with Crippen LogP contribution < -0.4 is 16.0 Å². The van der Waals surface area contributed by atoms with Crippen molar-refractivity contribution in [3.8, 4) is 0 Å². The smallest absolute Gasteiger partial charge is 0.253 e. The van der Waals surface area contributed by atoms with Gasteiger partial charge in [-0.1, -0.05) is 30.3 Å². The summed E-state index contributed by atoms with van der Waals surface area (Å²) in [6, 6.07) is 16.9. The van der Waals surface area contributed by atoms with Crippen LogP contribution in [0.25, 0.3) is 0 Å². The van der Waals surface area contributed by atoms with Crippen LogP contribution in [0.4, 0.5) is 11.4 Å². The first-order chi connectivity index (χ1) is 13.7. The van der Waals surface area contributed by atoms with Crippen LogP contribution in [0.15, 0.2) is 54.6 Å². The second kappa shape index (κ2) is 8.44. The third-order valence-corrected chi connectivity index (χ3v) is 5.00. The lowest BCUT2D eigenvalue weighted by molar-refractivity contribution is -0.124. The van der Waals surface area contributed by atoms with E-state index in [-0.39, 0.29) is 17.9 Å². The van der Waals surface area contributed by atoms with Gasteiger partial charge in [0.2, 0.25) is 5.91 Å². The molecule has 146 valence electrons. The van der Waals surface area contributed by atoms with Crippen LogP contribution in [0.1, 0.15) is 37.3 Å². The molecule has 0 spiro atoms. The predicted octanol–water partition coefficient (Wildman–Crippen LogP) is 3.24. The van der Waals surface area contributed by atoms with Crippen LogP contribution in [0, 0.1) is 0 Å².